The first kappa shape index (κ1) is 20.9. The van der Waals surface area contributed by atoms with Gasteiger partial charge in [0.1, 0.15) is 11.6 Å². The van der Waals surface area contributed by atoms with E-state index in [1.165, 1.54) is 7.11 Å². The number of carbonyl (C=O) groups excluding carboxylic acids is 2. The number of nitrogens with two attached hydrogens (primary N) is 2. The van der Waals surface area contributed by atoms with E-state index in [0.29, 0.717) is 0 Å². The number of primary amides is 2. The van der Waals surface area contributed by atoms with Crippen LogP contribution in [0, 0.1) is 19.8 Å². The molecule has 1 aromatic heterocycles. The SMILES string of the molecule is COc1nc(N[C@@H](C(N)=O)C(C)C)nc(Nc2cc(C)cc(C)c2)c1C(N)=O. The van der Waals surface area contributed by atoms with Crippen LogP contribution in [0.3, 0.4) is 0 Å². The molecule has 1 heterocycles. The predicted molar refractivity (Wildman–Crippen MR) is 108 cm³/mol. The van der Waals surface area contributed by atoms with Crippen LogP contribution in [-0.4, -0.2) is 34.9 Å². The van der Waals surface area contributed by atoms with Gasteiger partial charge in [-0.3, -0.25) is 9.59 Å². The molecule has 0 fully saturated rings. The van der Waals surface area contributed by atoms with Crippen molar-refractivity contribution < 1.29 is 14.3 Å². The van der Waals surface area contributed by atoms with Crippen LogP contribution in [0.15, 0.2) is 18.2 Å². The second-order valence-electron chi connectivity index (χ2n) is 6.91. The minimum atomic E-state index is -0.745. The molecule has 28 heavy (non-hydrogen) atoms. The molecule has 2 rings (SSSR count). The number of methoxy groups -OCH3 is 1. The maximum absolute atomic E-state index is 12.0. The normalized spacial score (nSPS) is 11.8. The summed E-state index contributed by atoms with van der Waals surface area (Å²) in [6.45, 7) is 7.60. The van der Waals surface area contributed by atoms with Gasteiger partial charge in [-0.25, -0.2) is 0 Å². The minimum absolute atomic E-state index is 0.00683. The van der Waals surface area contributed by atoms with E-state index in [0.717, 1.165) is 16.8 Å². The van der Waals surface area contributed by atoms with Crippen LogP contribution in [0.25, 0.3) is 0 Å². The number of benzene rings is 1. The molecule has 0 aliphatic heterocycles. The molecule has 0 bridgehead atoms. The van der Waals surface area contributed by atoms with Gasteiger partial charge in [-0.05, 0) is 43.0 Å². The zero-order valence-corrected chi connectivity index (χ0v) is 16.7. The average molecular weight is 386 g/mol. The van der Waals surface area contributed by atoms with Crippen LogP contribution in [0.5, 0.6) is 5.88 Å². The van der Waals surface area contributed by atoms with Gasteiger partial charge < -0.3 is 26.8 Å². The molecule has 0 unspecified atom stereocenters. The van der Waals surface area contributed by atoms with E-state index in [4.69, 9.17) is 16.2 Å². The molecule has 2 aromatic rings. The molecule has 0 aliphatic rings. The molecule has 9 nitrogen and oxygen atoms in total. The second kappa shape index (κ2) is 8.55. The molecule has 0 aliphatic carbocycles. The van der Waals surface area contributed by atoms with E-state index in [9.17, 15) is 9.59 Å². The highest BCUT2D eigenvalue weighted by Gasteiger charge is 2.24. The summed E-state index contributed by atoms with van der Waals surface area (Å²) in [5, 5.41) is 5.99. The van der Waals surface area contributed by atoms with Crippen molar-refractivity contribution >= 4 is 29.3 Å². The third-order valence-corrected chi connectivity index (χ3v) is 4.06. The number of anilines is 3. The lowest BCUT2D eigenvalue weighted by atomic mass is 10.0. The van der Waals surface area contributed by atoms with E-state index in [1.807, 2.05) is 45.9 Å². The van der Waals surface area contributed by atoms with Crippen LogP contribution < -0.4 is 26.8 Å². The minimum Gasteiger partial charge on any atom is -0.480 e. The van der Waals surface area contributed by atoms with Gasteiger partial charge in [0.15, 0.2) is 5.82 Å². The molecular weight excluding hydrogens is 360 g/mol. The van der Waals surface area contributed by atoms with E-state index in [1.54, 1.807) is 0 Å². The number of rotatable bonds is 8. The number of nitrogens with zero attached hydrogens (tertiary/aromatic N) is 2. The van der Waals surface area contributed by atoms with Crippen LogP contribution in [-0.2, 0) is 4.79 Å². The average Bonchev–Trinajstić information content (AvgIpc) is 2.57. The topological polar surface area (TPSA) is 145 Å². The van der Waals surface area contributed by atoms with Crippen molar-refractivity contribution in [3.8, 4) is 5.88 Å². The number of hydrogen-bond acceptors (Lipinski definition) is 7. The van der Waals surface area contributed by atoms with E-state index in [-0.39, 0.29) is 29.1 Å². The molecule has 1 atom stereocenters. The summed E-state index contributed by atoms with van der Waals surface area (Å²) < 4.78 is 5.23. The number of ether oxygens (including phenoxy) is 1. The van der Waals surface area contributed by atoms with E-state index in [2.05, 4.69) is 20.6 Å². The molecule has 0 saturated carbocycles. The lowest BCUT2D eigenvalue weighted by molar-refractivity contribution is -0.119. The largest absolute Gasteiger partial charge is 0.480 e. The van der Waals surface area contributed by atoms with Gasteiger partial charge in [-0.15, -0.1) is 0 Å². The fraction of sp³-hybridized carbons (Fsp3) is 0.368. The summed E-state index contributed by atoms with van der Waals surface area (Å²) in [7, 11) is 1.37. The van der Waals surface area contributed by atoms with Gasteiger partial charge in [-0.2, -0.15) is 9.97 Å². The molecule has 1 aromatic carbocycles. The molecule has 0 spiro atoms. The summed E-state index contributed by atoms with van der Waals surface area (Å²) in [6, 6.07) is 5.13. The standard InChI is InChI=1S/C19H26N6O3/c1-9(2)14(16(21)27)23-19-24-17(13(15(20)26)18(25-19)28-5)22-12-7-10(3)6-11(4)8-12/h6-9,14H,1-5H3,(H2,20,26)(H2,21,27)(H2,22,23,24,25)/t14-/m1/s1. The molecule has 6 N–H and O–H groups in total. The van der Waals surface area contributed by atoms with Crippen molar-refractivity contribution in [2.75, 3.05) is 17.7 Å². The molecule has 2 amide bonds. The highest BCUT2D eigenvalue weighted by molar-refractivity contribution is 6.00. The second-order valence-corrected chi connectivity index (χ2v) is 6.91. The number of aryl methyl sites for hydroxylation is 2. The molecule has 0 saturated heterocycles. The zero-order valence-electron chi connectivity index (χ0n) is 16.7. The summed E-state index contributed by atoms with van der Waals surface area (Å²) >= 11 is 0. The highest BCUT2D eigenvalue weighted by atomic mass is 16.5. The van der Waals surface area contributed by atoms with Gasteiger partial charge in [0.05, 0.1) is 7.11 Å². The first-order valence-corrected chi connectivity index (χ1v) is 8.79. The summed E-state index contributed by atoms with van der Waals surface area (Å²) in [6.07, 6.45) is 0. The van der Waals surface area contributed by atoms with Crippen molar-refractivity contribution in [3.05, 3.63) is 34.9 Å². The Morgan fingerprint density at radius 2 is 1.68 bits per heavy atom. The molecular formula is C19H26N6O3. The predicted octanol–water partition coefficient (Wildman–Crippen LogP) is 1.87. The van der Waals surface area contributed by atoms with Crippen molar-refractivity contribution in [3.63, 3.8) is 0 Å². The quantitative estimate of drug-likeness (QED) is 0.542. The zero-order chi connectivity index (χ0) is 21.0. The number of hydrogen-bond donors (Lipinski definition) is 4. The number of nitrogens with one attached hydrogen (secondary N) is 2. The molecule has 0 radical (unpaired) electrons. The maximum atomic E-state index is 12.0. The summed E-state index contributed by atoms with van der Waals surface area (Å²) in [4.78, 5) is 32.2. The smallest absolute Gasteiger partial charge is 0.258 e. The Morgan fingerprint density at radius 1 is 1.07 bits per heavy atom. The monoisotopic (exact) mass is 386 g/mol. The van der Waals surface area contributed by atoms with Gasteiger partial charge in [0, 0.05) is 5.69 Å². The Kier molecular flexibility index (Phi) is 6.40. The third kappa shape index (κ3) is 4.87. The van der Waals surface area contributed by atoms with E-state index >= 15 is 0 Å². The number of carbonyl (C=O) groups is 2. The lowest BCUT2D eigenvalue weighted by Crippen LogP contribution is -2.40. The lowest BCUT2D eigenvalue weighted by Gasteiger charge is -2.20. The van der Waals surface area contributed by atoms with Gasteiger partial charge in [0.2, 0.25) is 17.7 Å². The number of aromatic nitrogens is 2. The van der Waals surface area contributed by atoms with Gasteiger partial charge in [0.25, 0.3) is 5.91 Å². The summed E-state index contributed by atoms with van der Waals surface area (Å²) in [5.41, 5.74) is 13.8. The molecule has 9 heteroatoms. The van der Waals surface area contributed by atoms with Crippen LogP contribution in [0.1, 0.15) is 35.3 Å². The Hall–Kier alpha value is -3.36. The van der Waals surface area contributed by atoms with Crippen LogP contribution in [0.4, 0.5) is 17.5 Å². The third-order valence-electron chi connectivity index (χ3n) is 4.06. The van der Waals surface area contributed by atoms with E-state index < -0.39 is 17.9 Å². The van der Waals surface area contributed by atoms with Crippen molar-refractivity contribution in [2.24, 2.45) is 17.4 Å². The van der Waals surface area contributed by atoms with Crippen molar-refractivity contribution in [1.29, 1.82) is 0 Å². The Bertz CT molecular complexity index is 877. The fourth-order valence-corrected chi connectivity index (χ4v) is 2.85. The van der Waals surface area contributed by atoms with Crippen molar-refractivity contribution in [2.45, 2.75) is 33.7 Å². The summed E-state index contributed by atoms with van der Waals surface area (Å²) in [5.74, 6) is -1.14. The maximum Gasteiger partial charge on any atom is 0.258 e. The Labute approximate surface area is 163 Å². The molecule has 150 valence electrons. The first-order chi connectivity index (χ1) is 13.1. The van der Waals surface area contributed by atoms with Crippen LogP contribution >= 0.6 is 0 Å². The highest BCUT2D eigenvalue weighted by Crippen LogP contribution is 2.28. The Morgan fingerprint density at radius 3 is 2.14 bits per heavy atom. The Balaban J connectivity index is 2.54. The van der Waals surface area contributed by atoms with Gasteiger partial charge >= 0.3 is 0 Å². The van der Waals surface area contributed by atoms with Crippen LogP contribution in [0.2, 0.25) is 0 Å². The van der Waals surface area contributed by atoms with Gasteiger partial charge in [-0.1, -0.05) is 19.9 Å². The number of amides is 2. The van der Waals surface area contributed by atoms with Crippen molar-refractivity contribution in [1.82, 2.24) is 9.97 Å². The first-order valence-electron chi connectivity index (χ1n) is 8.79. The fourth-order valence-electron chi connectivity index (χ4n) is 2.85.